The summed E-state index contributed by atoms with van der Waals surface area (Å²) in [7, 11) is 0. The number of aliphatic hydroxyl groups is 1. The highest BCUT2D eigenvalue weighted by Crippen LogP contribution is 2.31. The molecule has 1 saturated heterocycles. The third-order valence-electron chi connectivity index (χ3n) is 3.69. The third kappa shape index (κ3) is 2.79. The van der Waals surface area contributed by atoms with Crippen molar-refractivity contribution in [1.29, 1.82) is 0 Å². The molecule has 1 amide bonds. The standard InChI is InChI=1S/C14H19N5O3/c1-2-3-10(21)18-13-12-14(16-7-15-13)19(8-17-12)11-5-4-9(6-20)22-11/h7-9,11,20H,2-6H2,1H3,(H,15,16,18,21)/t9-,11+/m0/s1. The Morgan fingerprint density at radius 3 is 3.05 bits per heavy atom. The zero-order valence-electron chi connectivity index (χ0n) is 12.4. The van der Waals surface area contributed by atoms with E-state index in [1.807, 2.05) is 11.5 Å². The molecule has 0 saturated carbocycles. The number of ether oxygens (including phenoxy) is 1. The molecular formula is C14H19N5O3. The summed E-state index contributed by atoms with van der Waals surface area (Å²) in [5, 5.41) is 11.9. The number of aromatic nitrogens is 4. The van der Waals surface area contributed by atoms with Gasteiger partial charge in [-0.3, -0.25) is 9.36 Å². The van der Waals surface area contributed by atoms with E-state index in [4.69, 9.17) is 9.84 Å². The van der Waals surface area contributed by atoms with E-state index in [1.54, 1.807) is 6.33 Å². The van der Waals surface area contributed by atoms with Crippen LogP contribution in [0, 0.1) is 0 Å². The molecule has 0 radical (unpaired) electrons. The van der Waals surface area contributed by atoms with Crippen molar-refractivity contribution in [3.63, 3.8) is 0 Å². The van der Waals surface area contributed by atoms with E-state index in [0.29, 0.717) is 23.4 Å². The summed E-state index contributed by atoms with van der Waals surface area (Å²) in [5.41, 5.74) is 1.16. The van der Waals surface area contributed by atoms with Crippen LogP contribution < -0.4 is 5.32 Å². The number of nitrogens with one attached hydrogen (secondary N) is 1. The maximum absolute atomic E-state index is 11.7. The smallest absolute Gasteiger partial charge is 0.225 e. The van der Waals surface area contributed by atoms with Gasteiger partial charge in [0.25, 0.3) is 0 Å². The first kappa shape index (κ1) is 14.9. The largest absolute Gasteiger partial charge is 0.394 e. The first-order chi connectivity index (χ1) is 10.7. The maximum atomic E-state index is 11.7. The summed E-state index contributed by atoms with van der Waals surface area (Å²) in [6.07, 6.45) is 5.50. The molecule has 118 valence electrons. The lowest BCUT2D eigenvalue weighted by Gasteiger charge is -2.13. The second-order valence-electron chi connectivity index (χ2n) is 5.32. The SMILES string of the molecule is CCCC(=O)Nc1ncnc2c1ncn2[C@H]1CC[C@@H](CO)O1. The lowest BCUT2D eigenvalue weighted by atomic mass is 10.2. The molecule has 3 heterocycles. The number of nitrogens with zero attached hydrogens (tertiary/aromatic N) is 4. The molecule has 0 bridgehead atoms. The predicted molar refractivity (Wildman–Crippen MR) is 79.1 cm³/mol. The Balaban J connectivity index is 1.87. The summed E-state index contributed by atoms with van der Waals surface area (Å²) >= 11 is 0. The van der Waals surface area contributed by atoms with Crippen LogP contribution in [0.3, 0.4) is 0 Å². The van der Waals surface area contributed by atoms with Gasteiger partial charge in [-0.1, -0.05) is 6.92 Å². The lowest BCUT2D eigenvalue weighted by Crippen LogP contribution is -2.14. The Hall–Kier alpha value is -2.06. The van der Waals surface area contributed by atoms with Crippen LogP contribution in [0.15, 0.2) is 12.7 Å². The van der Waals surface area contributed by atoms with Crippen LogP contribution in [-0.2, 0) is 9.53 Å². The Labute approximate surface area is 127 Å². The minimum Gasteiger partial charge on any atom is -0.394 e. The van der Waals surface area contributed by atoms with E-state index < -0.39 is 0 Å². The van der Waals surface area contributed by atoms with E-state index in [1.165, 1.54) is 6.33 Å². The Morgan fingerprint density at radius 1 is 1.45 bits per heavy atom. The van der Waals surface area contributed by atoms with Crippen molar-refractivity contribution in [2.45, 2.75) is 44.9 Å². The van der Waals surface area contributed by atoms with Gasteiger partial charge in [-0.15, -0.1) is 0 Å². The molecule has 1 fully saturated rings. The van der Waals surface area contributed by atoms with Crippen LogP contribution in [0.1, 0.15) is 38.8 Å². The van der Waals surface area contributed by atoms with Crippen LogP contribution in [0.2, 0.25) is 0 Å². The number of anilines is 1. The van der Waals surface area contributed by atoms with Crippen molar-refractivity contribution < 1.29 is 14.6 Å². The number of carbonyl (C=O) groups excluding carboxylic acids is 1. The summed E-state index contributed by atoms with van der Waals surface area (Å²) < 4.78 is 7.57. The van der Waals surface area contributed by atoms with Crippen molar-refractivity contribution in [3.05, 3.63) is 12.7 Å². The number of fused-ring (bicyclic) bond motifs is 1. The van der Waals surface area contributed by atoms with Crippen LogP contribution in [0.25, 0.3) is 11.2 Å². The van der Waals surface area contributed by atoms with Gasteiger partial charge in [0.1, 0.15) is 12.6 Å². The number of imidazole rings is 1. The van der Waals surface area contributed by atoms with Gasteiger partial charge in [-0.25, -0.2) is 15.0 Å². The van der Waals surface area contributed by atoms with Gasteiger partial charge < -0.3 is 15.2 Å². The molecule has 0 aromatic carbocycles. The first-order valence-electron chi connectivity index (χ1n) is 7.46. The molecule has 3 rings (SSSR count). The molecule has 8 nitrogen and oxygen atoms in total. The van der Waals surface area contributed by atoms with Crippen molar-refractivity contribution >= 4 is 22.9 Å². The molecule has 0 spiro atoms. The van der Waals surface area contributed by atoms with Gasteiger partial charge in [-0.2, -0.15) is 0 Å². The van der Waals surface area contributed by atoms with E-state index >= 15 is 0 Å². The monoisotopic (exact) mass is 305 g/mol. The summed E-state index contributed by atoms with van der Waals surface area (Å²) in [6, 6.07) is 0. The zero-order chi connectivity index (χ0) is 15.5. The Kier molecular flexibility index (Phi) is 4.30. The van der Waals surface area contributed by atoms with Crippen LogP contribution in [0.5, 0.6) is 0 Å². The molecule has 1 aliphatic heterocycles. The number of aliphatic hydroxyl groups excluding tert-OH is 1. The quantitative estimate of drug-likeness (QED) is 0.861. The molecule has 2 aromatic rings. The van der Waals surface area contributed by atoms with Crippen molar-refractivity contribution in [1.82, 2.24) is 19.5 Å². The summed E-state index contributed by atoms with van der Waals surface area (Å²) in [4.78, 5) is 24.4. The number of carbonyl (C=O) groups is 1. The molecule has 2 N–H and O–H groups in total. The molecule has 2 atom stereocenters. The number of hydrogen-bond donors (Lipinski definition) is 2. The molecule has 0 unspecified atom stereocenters. The fourth-order valence-corrected chi connectivity index (χ4v) is 2.60. The third-order valence-corrected chi connectivity index (χ3v) is 3.69. The average molecular weight is 305 g/mol. The minimum absolute atomic E-state index is 0.0104. The predicted octanol–water partition coefficient (Wildman–Crippen LogP) is 1.23. The van der Waals surface area contributed by atoms with Crippen molar-refractivity contribution in [2.24, 2.45) is 0 Å². The summed E-state index contributed by atoms with van der Waals surface area (Å²) in [5.74, 6) is 0.327. The first-order valence-corrected chi connectivity index (χ1v) is 7.46. The van der Waals surface area contributed by atoms with Crippen molar-refractivity contribution in [2.75, 3.05) is 11.9 Å². The topological polar surface area (TPSA) is 102 Å². The Morgan fingerprint density at radius 2 is 2.32 bits per heavy atom. The van der Waals surface area contributed by atoms with Crippen molar-refractivity contribution in [3.8, 4) is 0 Å². The highest BCUT2D eigenvalue weighted by atomic mass is 16.5. The van der Waals surface area contributed by atoms with Crippen LogP contribution in [0.4, 0.5) is 5.82 Å². The number of amides is 1. The highest BCUT2D eigenvalue weighted by Gasteiger charge is 2.27. The minimum atomic E-state index is -0.198. The zero-order valence-corrected chi connectivity index (χ0v) is 12.4. The fraction of sp³-hybridized carbons (Fsp3) is 0.571. The van der Waals surface area contributed by atoms with E-state index in [9.17, 15) is 4.79 Å². The Bertz CT molecular complexity index is 672. The second-order valence-corrected chi connectivity index (χ2v) is 5.32. The van der Waals surface area contributed by atoms with E-state index in [0.717, 1.165) is 19.3 Å². The van der Waals surface area contributed by atoms with E-state index in [-0.39, 0.29) is 24.8 Å². The van der Waals surface area contributed by atoms with Gasteiger partial charge in [0.05, 0.1) is 19.0 Å². The highest BCUT2D eigenvalue weighted by molar-refractivity contribution is 5.96. The number of rotatable bonds is 5. The van der Waals surface area contributed by atoms with Gasteiger partial charge >= 0.3 is 0 Å². The molecule has 22 heavy (non-hydrogen) atoms. The van der Waals surface area contributed by atoms with Crippen LogP contribution in [-0.4, -0.2) is 43.2 Å². The summed E-state index contributed by atoms with van der Waals surface area (Å²) in [6.45, 7) is 1.95. The van der Waals surface area contributed by atoms with Crippen LogP contribution >= 0.6 is 0 Å². The molecule has 8 heteroatoms. The maximum Gasteiger partial charge on any atom is 0.225 e. The average Bonchev–Trinajstić information content (AvgIpc) is 3.14. The van der Waals surface area contributed by atoms with Gasteiger partial charge in [0, 0.05) is 6.42 Å². The number of hydrogen-bond acceptors (Lipinski definition) is 6. The van der Waals surface area contributed by atoms with E-state index in [2.05, 4.69) is 20.3 Å². The lowest BCUT2D eigenvalue weighted by molar-refractivity contribution is -0.116. The van der Waals surface area contributed by atoms with Gasteiger partial charge in [-0.05, 0) is 19.3 Å². The van der Waals surface area contributed by atoms with Gasteiger partial charge in [0.15, 0.2) is 17.0 Å². The second kappa shape index (κ2) is 6.37. The molecule has 2 aromatic heterocycles. The normalized spacial score (nSPS) is 21.4. The fourth-order valence-electron chi connectivity index (χ4n) is 2.60. The molecule has 1 aliphatic rings. The van der Waals surface area contributed by atoms with Gasteiger partial charge in [0.2, 0.25) is 5.91 Å². The molecular weight excluding hydrogens is 286 g/mol. The molecule has 0 aliphatic carbocycles.